The van der Waals surface area contributed by atoms with Gasteiger partial charge in [0.1, 0.15) is 29.3 Å². The smallest absolute Gasteiger partial charge is 0.376 e. The van der Waals surface area contributed by atoms with Gasteiger partial charge in [0.15, 0.2) is 5.11 Å². The average molecular weight is 924 g/mol. The van der Waals surface area contributed by atoms with Gasteiger partial charge in [0.2, 0.25) is 5.91 Å². The highest BCUT2D eigenvalue weighted by atomic mass is 32.1. The molecule has 0 spiro atoms. The number of nitrogens with zero attached hydrogens (tertiary/aromatic N) is 7. The van der Waals surface area contributed by atoms with Gasteiger partial charge in [-0.15, -0.1) is 0 Å². The molecule has 4 heterocycles. The topological polar surface area (TPSA) is 194 Å². The van der Waals surface area contributed by atoms with Crippen LogP contribution < -0.4 is 31.3 Å². The molecule has 0 aliphatic carbocycles. The van der Waals surface area contributed by atoms with Crippen LogP contribution in [0.5, 0.6) is 0 Å². The minimum Gasteiger partial charge on any atom is -0.376 e. The van der Waals surface area contributed by atoms with Crippen LogP contribution in [0.2, 0.25) is 0 Å². The number of aromatic nitrogens is 5. The number of nitrogens with one attached hydrogen (secondary N) is 4. The summed E-state index contributed by atoms with van der Waals surface area (Å²) in [6.45, 7) is 3.12. The van der Waals surface area contributed by atoms with Gasteiger partial charge >= 0.3 is 6.18 Å². The van der Waals surface area contributed by atoms with Crippen molar-refractivity contribution in [1.29, 1.82) is 5.26 Å². The predicted molar refractivity (Wildman–Crippen MR) is 237 cm³/mol. The zero-order valence-electron chi connectivity index (χ0n) is 35.3. The number of halogens is 5. The van der Waals surface area contributed by atoms with E-state index in [9.17, 15) is 42.0 Å². The summed E-state index contributed by atoms with van der Waals surface area (Å²) in [4.78, 5) is 58.6. The maximum absolute atomic E-state index is 15.5. The van der Waals surface area contributed by atoms with Gasteiger partial charge in [0, 0.05) is 42.5 Å². The van der Waals surface area contributed by atoms with Gasteiger partial charge in [-0.25, -0.2) is 18.9 Å². The zero-order valence-corrected chi connectivity index (χ0v) is 36.1. The van der Waals surface area contributed by atoms with E-state index < -0.39 is 63.8 Å². The Morgan fingerprint density at radius 3 is 2.39 bits per heavy atom. The number of hydrogen-bond donors (Lipinski definition) is 4. The highest BCUT2D eigenvalue weighted by Crippen LogP contribution is 2.46. The molecule has 4 aromatic carbocycles. The highest BCUT2D eigenvalue weighted by Gasteiger charge is 2.51. The van der Waals surface area contributed by atoms with Crippen molar-refractivity contribution in [3.63, 3.8) is 0 Å². The summed E-state index contributed by atoms with van der Waals surface area (Å²) < 4.78 is 72.9. The first kappa shape index (κ1) is 45.0. The van der Waals surface area contributed by atoms with E-state index >= 15 is 4.39 Å². The van der Waals surface area contributed by atoms with Gasteiger partial charge in [-0.05, 0) is 105 Å². The number of thiocarbonyl (C=S) groups is 1. The number of benzene rings is 4. The molecule has 6 aromatic rings. The Labute approximate surface area is 377 Å². The van der Waals surface area contributed by atoms with Crippen molar-refractivity contribution < 1.29 is 36.3 Å². The molecule has 0 bridgehead atoms. The number of aromatic amines is 1. The molecule has 1 saturated heterocycles. The first-order valence-electron chi connectivity index (χ1n) is 20.5. The lowest BCUT2D eigenvalue weighted by atomic mass is 9.83. The van der Waals surface area contributed by atoms with Gasteiger partial charge in [0.25, 0.3) is 17.4 Å². The SMILES string of the molecule is Cn1ncnc1C1c2n[nH]c(=O)c3cc(F)cc(c23)NC1c1ccc(NC(=O)CCCCCNC(=O)c2ccc(N3C(=S)N(c4ccc(C#N)c(C(F)(F)F)c4)C(=O)C3(C)C)cc2F)cc1. The van der Waals surface area contributed by atoms with Crippen LogP contribution in [-0.2, 0) is 22.8 Å². The summed E-state index contributed by atoms with van der Waals surface area (Å²) in [6.07, 6.45) is -1.74. The molecule has 21 heteroatoms. The van der Waals surface area contributed by atoms with Gasteiger partial charge in [-0.3, -0.25) is 28.8 Å². The molecule has 66 heavy (non-hydrogen) atoms. The Balaban J connectivity index is 0.834. The molecule has 2 aliphatic rings. The number of anilines is 4. The summed E-state index contributed by atoms with van der Waals surface area (Å²) >= 11 is 5.52. The van der Waals surface area contributed by atoms with E-state index in [0.29, 0.717) is 53.6 Å². The Kier molecular flexibility index (Phi) is 11.9. The Morgan fingerprint density at radius 1 is 0.970 bits per heavy atom. The molecule has 2 unspecified atom stereocenters. The molecular formula is C45H38F5N11O4S. The number of H-pyrrole nitrogens is 1. The third-order valence-corrected chi connectivity index (χ3v) is 11.9. The molecule has 1 fully saturated rings. The summed E-state index contributed by atoms with van der Waals surface area (Å²) in [5.41, 5.74) is -2.07. The van der Waals surface area contributed by atoms with E-state index in [-0.39, 0.29) is 46.3 Å². The number of alkyl halides is 3. The quantitative estimate of drug-likeness (QED) is 0.0544. The molecule has 2 atom stereocenters. The van der Waals surface area contributed by atoms with Crippen LogP contribution in [0.4, 0.5) is 44.7 Å². The normalized spacial score (nSPS) is 16.6. The van der Waals surface area contributed by atoms with Crippen molar-refractivity contribution in [3.05, 3.63) is 135 Å². The first-order chi connectivity index (χ1) is 31.4. The summed E-state index contributed by atoms with van der Waals surface area (Å²) in [5.74, 6) is -3.11. The number of nitriles is 1. The van der Waals surface area contributed by atoms with Crippen LogP contribution >= 0.6 is 12.2 Å². The molecule has 0 saturated carbocycles. The van der Waals surface area contributed by atoms with E-state index in [0.717, 1.165) is 22.6 Å². The first-order valence-corrected chi connectivity index (χ1v) is 20.9. The molecular weight excluding hydrogens is 886 g/mol. The molecule has 2 aromatic heterocycles. The van der Waals surface area contributed by atoms with Crippen LogP contribution in [0.3, 0.4) is 0 Å². The number of rotatable bonds is 12. The molecule has 2 aliphatic heterocycles. The lowest BCUT2D eigenvalue weighted by Crippen LogP contribution is -2.44. The van der Waals surface area contributed by atoms with E-state index in [4.69, 9.17) is 12.2 Å². The van der Waals surface area contributed by atoms with Crippen molar-refractivity contribution in [2.24, 2.45) is 7.05 Å². The molecule has 15 nitrogen and oxygen atoms in total. The number of carbonyl (C=O) groups is 3. The third-order valence-electron chi connectivity index (χ3n) is 11.6. The number of unbranched alkanes of at least 4 members (excludes halogenated alkanes) is 2. The van der Waals surface area contributed by atoms with Crippen molar-refractivity contribution >= 4 is 68.6 Å². The maximum atomic E-state index is 15.5. The fraction of sp³-hybridized carbons (Fsp3) is 0.267. The minimum atomic E-state index is -4.88. The molecule has 0 radical (unpaired) electrons. The van der Waals surface area contributed by atoms with E-state index in [1.807, 2.05) is 12.1 Å². The van der Waals surface area contributed by atoms with Crippen molar-refractivity contribution in [1.82, 2.24) is 30.3 Å². The van der Waals surface area contributed by atoms with Crippen molar-refractivity contribution in [2.45, 2.75) is 63.2 Å². The number of hydrogen-bond acceptors (Lipinski definition) is 10. The number of carbonyl (C=O) groups excluding carboxylic acids is 3. The van der Waals surface area contributed by atoms with Gasteiger partial charge in [-0.2, -0.15) is 28.6 Å². The fourth-order valence-electron chi connectivity index (χ4n) is 8.34. The van der Waals surface area contributed by atoms with Gasteiger partial charge < -0.3 is 20.9 Å². The fourth-order valence-corrected chi connectivity index (χ4v) is 8.86. The lowest BCUT2D eigenvalue weighted by Gasteiger charge is -2.33. The van der Waals surface area contributed by atoms with Crippen LogP contribution in [0.15, 0.2) is 83.9 Å². The average Bonchev–Trinajstić information content (AvgIpc) is 3.77. The molecule has 3 amide bonds. The predicted octanol–water partition coefficient (Wildman–Crippen LogP) is 7.36. The Hall–Kier alpha value is -7.60. The van der Waals surface area contributed by atoms with Crippen LogP contribution in [-0.4, -0.2) is 59.9 Å². The van der Waals surface area contributed by atoms with E-state index in [1.54, 1.807) is 23.9 Å². The maximum Gasteiger partial charge on any atom is 0.417 e. The van der Waals surface area contributed by atoms with Crippen molar-refractivity contribution in [3.8, 4) is 6.07 Å². The second-order valence-electron chi connectivity index (χ2n) is 16.2. The van der Waals surface area contributed by atoms with E-state index in [2.05, 4.69) is 36.2 Å². The van der Waals surface area contributed by atoms with Gasteiger partial charge in [-0.1, -0.05) is 18.6 Å². The standard InChI is InChI=1S/C45H38F5N11O4S/c1-44(2)42(65)60(27-13-10-24(21-51)31(19-27)45(48,49)50)43(66)61(44)28-14-15-29(32(47)20-28)40(63)52-16-6-4-5-7-34(62)55-26-11-8-23(9-12-26)37-36(39-53-22-54-59(39)3)38-35-30(41(64)58-57-38)17-25(46)18-33(35)56-37/h8-15,17-20,22,36-37,56H,4-7,16H2,1-3H3,(H,52,63)(H,55,62)(H,58,64). The van der Waals surface area contributed by atoms with Crippen molar-refractivity contribution in [2.75, 3.05) is 27.0 Å². The molecule has 338 valence electrons. The summed E-state index contributed by atoms with van der Waals surface area (Å²) in [5, 5.41) is 29.6. The lowest BCUT2D eigenvalue weighted by molar-refractivity contribution is -0.137. The third kappa shape index (κ3) is 8.30. The number of amides is 3. The highest BCUT2D eigenvalue weighted by molar-refractivity contribution is 7.81. The van der Waals surface area contributed by atoms with Crippen LogP contribution in [0, 0.1) is 23.0 Å². The largest absolute Gasteiger partial charge is 0.417 e. The summed E-state index contributed by atoms with van der Waals surface area (Å²) in [6, 6.07) is 17.0. The Morgan fingerprint density at radius 2 is 1.71 bits per heavy atom. The van der Waals surface area contributed by atoms with Crippen LogP contribution in [0.1, 0.15) is 90.1 Å². The Bertz CT molecular complexity index is 3060. The zero-order chi connectivity index (χ0) is 47.2. The van der Waals surface area contributed by atoms with E-state index in [1.165, 1.54) is 61.5 Å². The molecule has 8 rings (SSSR count). The minimum absolute atomic E-state index is 0.0844. The molecule has 4 N–H and O–H groups in total. The second-order valence-corrected chi connectivity index (χ2v) is 16.6. The summed E-state index contributed by atoms with van der Waals surface area (Å²) in [7, 11) is 1.74. The number of aryl methyl sites for hydroxylation is 1. The second kappa shape index (κ2) is 17.4. The monoisotopic (exact) mass is 923 g/mol. The van der Waals surface area contributed by atoms with Crippen LogP contribution in [0.25, 0.3) is 10.8 Å². The van der Waals surface area contributed by atoms with Gasteiger partial charge in [0.05, 0.1) is 51.5 Å².